The number of hydrogen-bond donors (Lipinski definition) is 1. The van der Waals surface area contributed by atoms with Crippen LogP contribution >= 0.6 is 15.9 Å². The second-order valence-corrected chi connectivity index (χ2v) is 7.35. The van der Waals surface area contributed by atoms with Gasteiger partial charge in [0.1, 0.15) is 0 Å². The zero-order valence-electron chi connectivity index (χ0n) is 16.1. The molecule has 0 aromatic heterocycles. The van der Waals surface area contributed by atoms with E-state index in [0.717, 1.165) is 41.8 Å². The van der Waals surface area contributed by atoms with E-state index in [1.54, 1.807) is 0 Å². The summed E-state index contributed by atoms with van der Waals surface area (Å²) in [5.74, 6) is 1.61. The van der Waals surface area contributed by atoms with Crippen molar-refractivity contribution in [2.24, 2.45) is 0 Å². The van der Waals surface area contributed by atoms with E-state index in [2.05, 4.69) is 77.6 Å². The van der Waals surface area contributed by atoms with Crippen LogP contribution < -0.4 is 14.8 Å². The van der Waals surface area contributed by atoms with Gasteiger partial charge in [0.25, 0.3) is 0 Å². The first-order valence-electron chi connectivity index (χ1n) is 9.49. The van der Waals surface area contributed by atoms with E-state index in [4.69, 9.17) is 9.47 Å². The lowest BCUT2D eigenvalue weighted by molar-refractivity contribution is 0.275. The topological polar surface area (TPSA) is 30.5 Å². The van der Waals surface area contributed by atoms with E-state index >= 15 is 0 Å². The fraction of sp³-hybridized carbons (Fsp3) is 0.455. The van der Waals surface area contributed by atoms with Gasteiger partial charge in [-0.05, 0) is 72.3 Å². The summed E-state index contributed by atoms with van der Waals surface area (Å²) in [6.07, 6.45) is 3.17. The molecule has 142 valence electrons. The van der Waals surface area contributed by atoms with Crippen LogP contribution in [0.5, 0.6) is 11.5 Å². The zero-order valence-corrected chi connectivity index (χ0v) is 17.6. The molecule has 2 rings (SSSR count). The van der Waals surface area contributed by atoms with E-state index in [-0.39, 0.29) is 0 Å². The second kappa shape index (κ2) is 11.2. The van der Waals surface area contributed by atoms with Gasteiger partial charge in [-0.15, -0.1) is 0 Å². The third-order valence-corrected chi connectivity index (χ3v) is 4.77. The van der Waals surface area contributed by atoms with Crippen LogP contribution in [0.4, 0.5) is 0 Å². The van der Waals surface area contributed by atoms with Crippen LogP contribution in [0.2, 0.25) is 0 Å². The fourth-order valence-corrected chi connectivity index (χ4v) is 3.36. The van der Waals surface area contributed by atoms with E-state index < -0.39 is 0 Å². The Morgan fingerprint density at radius 2 is 1.81 bits per heavy atom. The second-order valence-electron chi connectivity index (χ2n) is 6.49. The molecule has 0 aliphatic carbocycles. The van der Waals surface area contributed by atoms with Crippen molar-refractivity contribution >= 4 is 15.9 Å². The third kappa shape index (κ3) is 6.65. The molecule has 0 aliphatic heterocycles. The maximum Gasteiger partial charge on any atom is 0.175 e. The van der Waals surface area contributed by atoms with Gasteiger partial charge >= 0.3 is 0 Å². The van der Waals surface area contributed by atoms with E-state index in [0.29, 0.717) is 19.3 Å². The fourth-order valence-electron chi connectivity index (χ4n) is 2.75. The van der Waals surface area contributed by atoms with Gasteiger partial charge in [0.05, 0.1) is 17.7 Å². The van der Waals surface area contributed by atoms with Gasteiger partial charge in [0.2, 0.25) is 0 Å². The Balaban J connectivity index is 1.93. The van der Waals surface area contributed by atoms with Crippen molar-refractivity contribution in [1.29, 1.82) is 0 Å². The molecule has 4 heteroatoms. The number of rotatable bonds is 11. The van der Waals surface area contributed by atoms with Gasteiger partial charge in [-0.1, -0.05) is 37.3 Å². The number of hydrogen-bond acceptors (Lipinski definition) is 3. The Morgan fingerprint density at radius 3 is 2.50 bits per heavy atom. The minimum atomic E-state index is 0.445. The molecule has 1 atom stereocenters. The van der Waals surface area contributed by atoms with Crippen molar-refractivity contribution in [3.05, 3.63) is 58.1 Å². The molecule has 0 amide bonds. The molecule has 0 saturated heterocycles. The monoisotopic (exact) mass is 419 g/mol. The van der Waals surface area contributed by atoms with Gasteiger partial charge in [-0.2, -0.15) is 0 Å². The van der Waals surface area contributed by atoms with E-state index in [1.165, 1.54) is 11.1 Å². The maximum atomic E-state index is 5.85. The van der Waals surface area contributed by atoms with Gasteiger partial charge < -0.3 is 14.8 Å². The van der Waals surface area contributed by atoms with Crippen LogP contribution in [0.1, 0.15) is 44.7 Å². The van der Waals surface area contributed by atoms with Gasteiger partial charge in [-0.25, -0.2) is 0 Å². The molecule has 2 aromatic carbocycles. The number of ether oxygens (including phenoxy) is 2. The van der Waals surface area contributed by atoms with Gasteiger partial charge in [-0.3, -0.25) is 0 Å². The Kier molecular flexibility index (Phi) is 8.99. The Labute approximate surface area is 166 Å². The lowest BCUT2D eigenvalue weighted by Gasteiger charge is -2.17. The summed E-state index contributed by atoms with van der Waals surface area (Å²) in [5.41, 5.74) is 2.58. The average molecular weight is 420 g/mol. The standard InChI is InChI=1S/C22H30BrNO2/c1-4-13-26-22-20(23)14-19(15-21(22)25-5-2)16-24-17(3)11-12-18-9-7-6-8-10-18/h6-10,14-15,17,24H,4-5,11-13,16H2,1-3H3. The average Bonchev–Trinajstić information content (AvgIpc) is 2.65. The van der Waals surface area contributed by atoms with Crippen LogP contribution in [-0.2, 0) is 13.0 Å². The maximum absolute atomic E-state index is 5.85. The molecule has 0 saturated carbocycles. The first-order valence-corrected chi connectivity index (χ1v) is 10.3. The largest absolute Gasteiger partial charge is 0.490 e. The molecular formula is C22H30BrNO2. The summed E-state index contributed by atoms with van der Waals surface area (Å²) in [6, 6.07) is 15.3. The minimum Gasteiger partial charge on any atom is -0.490 e. The molecule has 1 unspecified atom stereocenters. The van der Waals surface area contributed by atoms with Crippen molar-refractivity contribution in [1.82, 2.24) is 5.32 Å². The Hall–Kier alpha value is -1.52. The van der Waals surface area contributed by atoms with Crippen molar-refractivity contribution in [3.8, 4) is 11.5 Å². The predicted octanol–water partition coefficient (Wildman–Crippen LogP) is 5.75. The highest BCUT2D eigenvalue weighted by molar-refractivity contribution is 9.10. The first kappa shape index (κ1) is 20.8. The van der Waals surface area contributed by atoms with Crippen LogP contribution in [0, 0.1) is 0 Å². The summed E-state index contributed by atoms with van der Waals surface area (Å²) in [4.78, 5) is 0. The lowest BCUT2D eigenvalue weighted by Crippen LogP contribution is -2.26. The normalized spacial score (nSPS) is 12.0. The molecule has 0 radical (unpaired) electrons. The molecular weight excluding hydrogens is 390 g/mol. The highest BCUT2D eigenvalue weighted by atomic mass is 79.9. The highest BCUT2D eigenvalue weighted by Crippen LogP contribution is 2.37. The summed E-state index contributed by atoms with van der Waals surface area (Å²) in [7, 11) is 0. The molecule has 0 fully saturated rings. The van der Waals surface area contributed by atoms with Crippen molar-refractivity contribution in [2.45, 2.75) is 52.6 Å². The number of halogens is 1. The molecule has 0 aliphatic rings. The minimum absolute atomic E-state index is 0.445. The van der Waals surface area contributed by atoms with Crippen LogP contribution in [0.15, 0.2) is 46.9 Å². The Bertz CT molecular complexity index is 661. The number of benzene rings is 2. The zero-order chi connectivity index (χ0) is 18.8. The van der Waals surface area contributed by atoms with Crippen LogP contribution in [-0.4, -0.2) is 19.3 Å². The molecule has 0 spiro atoms. The number of nitrogens with one attached hydrogen (secondary N) is 1. The quantitative estimate of drug-likeness (QED) is 0.502. The van der Waals surface area contributed by atoms with Crippen molar-refractivity contribution in [3.63, 3.8) is 0 Å². The van der Waals surface area contributed by atoms with Crippen molar-refractivity contribution in [2.75, 3.05) is 13.2 Å². The number of aryl methyl sites for hydroxylation is 1. The van der Waals surface area contributed by atoms with Gasteiger partial charge in [0.15, 0.2) is 11.5 Å². The summed E-state index contributed by atoms with van der Waals surface area (Å²) in [6.45, 7) is 8.45. The molecule has 1 N–H and O–H groups in total. The first-order chi connectivity index (χ1) is 12.6. The smallest absolute Gasteiger partial charge is 0.175 e. The van der Waals surface area contributed by atoms with Crippen LogP contribution in [0.25, 0.3) is 0 Å². The molecule has 2 aromatic rings. The predicted molar refractivity (Wildman–Crippen MR) is 112 cm³/mol. The molecule has 0 bridgehead atoms. The van der Waals surface area contributed by atoms with E-state index in [9.17, 15) is 0 Å². The van der Waals surface area contributed by atoms with Gasteiger partial charge in [0, 0.05) is 12.6 Å². The van der Waals surface area contributed by atoms with E-state index in [1.807, 2.05) is 6.92 Å². The third-order valence-electron chi connectivity index (χ3n) is 4.18. The lowest BCUT2D eigenvalue weighted by atomic mass is 10.1. The molecule has 3 nitrogen and oxygen atoms in total. The molecule has 26 heavy (non-hydrogen) atoms. The Morgan fingerprint density at radius 1 is 1.04 bits per heavy atom. The van der Waals surface area contributed by atoms with Crippen molar-refractivity contribution < 1.29 is 9.47 Å². The molecule has 0 heterocycles. The summed E-state index contributed by atoms with van der Waals surface area (Å²) in [5, 5.41) is 3.61. The van der Waals surface area contributed by atoms with Crippen LogP contribution in [0.3, 0.4) is 0 Å². The summed E-state index contributed by atoms with van der Waals surface area (Å²) >= 11 is 3.63. The highest BCUT2D eigenvalue weighted by Gasteiger charge is 2.13. The summed E-state index contributed by atoms with van der Waals surface area (Å²) < 4.78 is 12.6. The SMILES string of the molecule is CCCOc1c(Br)cc(CNC(C)CCc2ccccc2)cc1OCC.